The second-order valence-corrected chi connectivity index (χ2v) is 34.5. The number of benzene rings is 4. The van der Waals surface area contributed by atoms with Crippen molar-refractivity contribution in [2.45, 2.75) is 211 Å². The zero-order valence-corrected chi connectivity index (χ0v) is 68.0. The second kappa shape index (κ2) is 41.4. The Balaban J connectivity index is 1.11. The molecular formula is C74H96N10O30S4. The topological polar surface area (TPSA) is 649 Å². The zero-order valence-electron chi connectivity index (χ0n) is 64.8. The van der Waals surface area contributed by atoms with Gasteiger partial charge in [-0.1, -0.05) is 38.1 Å². The number of unbranched alkanes of at least 4 members (excludes halogenated alkanes) is 4. The first kappa shape index (κ1) is 95.8. The lowest BCUT2D eigenvalue weighted by Crippen LogP contribution is -2.51. The highest BCUT2D eigenvalue weighted by atomic mass is 32.2. The number of rotatable bonds is 47. The summed E-state index contributed by atoms with van der Waals surface area (Å²) in [7, 11) is -20.4. The number of carbonyl (C=O) groups is 12. The fourth-order valence-corrected chi connectivity index (χ4v) is 16.6. The number of anilines is 1. The molecular weight excluding hydrogens is 1640 g/mol. The van der Waals surface area contributed by atoms with Crippen LogP contribution in [0.1, 0.15) is 161 Å². The maximum Gasteiger partial charge on any atom is 0.326 e. The number of carboxylic acids is 6. The molecule has 8 amide bonds. The fraction of sp³-hybridized carbons (Fsp3) is 0.473. The summed E-state index contributed by atoms with van der Waals surface area (Å²) in [6, 6.07) is -0.664. The van der Waals surface area contributed by atoms with Crippen molar-refractivity contribution in [3.8, 4) is 0 Å². The van der Waals surface area contributed by atoms with Crippen molar-refractivity contribution in [2.75, 3.05) is 37.6 Å². The van der Waals surface area contributed by atoms with Crippen LogP contribution in [0.25, 0.3) is 21.5 Å². The summed E-state index contributed by atoms with van der Waals surface area (Å²) in [6.07, 6.45) is 6.75. The Bertz CT molecular complexity index is 5180. The van der Waals surface area contributed by atoms with Crippen LogP contribution in [0.15, 0.2) is 104 Å². The molecule has 2 aliphatic heterocycles. The van der Waals surface area contributed by atoms with E-state index in [1.807, 2.05) is 40.9 Å². The summed E-state index contributed by atoms with van der Waals surface area (Å²) in [5.74, 6) is -11.2. The van der Waals surface area contributed by atoms with Crippen LogP contribution in [0, 0.1) is 0 Å². The van der Waals surface area contributed by atoms with Gasteiger partial charge in [0.15, 0.2) is 5.71 Å². The third kappa shape index (κ3) is 26.5. The van der Waals surface area contributed by atoms with Crippen molar-refractivity contribution in [2.24, 2.45) is 0 Å². The molecule has 4 aromatic carbocycles. The number of aliphatic carboxylic acids is 6. The number of likely N-dealkylation sites (N-methyl/N-ethyl adjacent to an activating group) is 1. The van der Waals surface area contributed by atoms with Crippen LogP contribution >= 0.6 is 0 Å². The highest BCUT2D eigenvalue weighted by Gasteiger charge is 2.47. The minimum absolute atomic E-state index is 0.00117. The van der Waals surface area contributed by atoms with Gasteiger partial charge in [0.25, 0.3) is 30.4 Å². The van der Waals surface area contributed by atoms with Crippen LogP contribution in [0.2, 0.25) is 0 Å². The van der Waals surface area contributed by atoms with Gasteiger partial charge < -0.3 is 82.6 Å². The number of nitrogens with zero attached hydrogens (tertiary/aromatic N) is 2. The van der Waals surface area contributed by atoms with E-state index in [4.69, 9.17) is 10.2 Å². The largest absolute Gasteiger partial charge is 0.744 e. The normalized spacial score (nSPS) is 15.5. The molecule has 44 heteroatoms. The smallest absolute Gasteiger partial charge is 0.326 e. The number of allylic oxidation sites excluding steroid dienone is 6. The average molecular weight is 1730 g/mol. The van der Waals surface area contributed by atoms with E-state index in [-0.39, 0.29) is 118 Å². The van der Waals surface area contributed by atoms with Crippen LogP contribution in [0.5, 0.6) is 0 Å². The predicted octanol–water partition coefficient (Wildman–Crippen LogP) is 4.26. The van der Waals surface area contributed by atoms with E-state index >= 15 is 0 Å². The number of hydrogen-bond acceptors (Lipinski definition) is 22. The summed E-state index contributed by atoms with van der Waals surface area (Å²) >= 11 is 0. The zero-order chi connectivity index (χ0) is 88.2. The lowest BCUT2D eigenvalue weighted by Gasteiger charge is -2.26. The Morgan fingerprint density at radius 1 is 0.458 bits per heavy atom. The van der Waals surface area contributed by atoms with Crippen molar-refractivity contribution in [3.63, 3.8) is 0 Å². The standard InChI is InChI=1S/C74H96N10O30S4/c1-6-83-53-29-24-44-46(38-42(115(103,104)105)40-55(44)117(109,110)111)64(53)73(2,3)57(83)20-9-7-10-21-58-74(4,5)65-47-39-43(116(106,107)108)41-56(118(112,113)114)45(47)25-30-54(65)84(58)37-16-8-11-22-59(85)76-36-17-23-61(87)78-48(66(92)77-35-15-13-19-50(68(95)96)80-72(102)82-52(70(99)100)28-33-63(90)91)26-31-60(86)75-34-14-12-18-49(67(93)94)79-71(101)81-51(69(97)98)27-32-62(88)89/h7,9-10,20-21,24-25,29-30,38-41,48-52H,6,8,11-19,22-23,26-28,31-37H2,1-5H3,(H17-,75,76,77,78,79,80,81,82,85,86,87,88,89,90,91,92,93,94,95,96,97,98,99,100,101,102,103,104,105,106,107,108,109,110,111,112,113,114)/t48-,49-,50-,51-,52-/m0/s1. The summed E-state index contributed by atoms with van der Waals surface area (Å²) < 4.78 is 146. The summed E-state index contributed by atoms with van der Waals surface area (Å²) in [5.41, 5.74) is 1.15. The van der Waals surface area contributed by atoms with Gasteiger partial charge in [-0.05, 0) is 157 Å². The highest BCUT2D eigenvalue weighted by molar-refractivity contribution is 7.87. The van der Waals surface area contributed by atoms with Crippen molar-refractivity contribution in [1.82, 2.24) is 42.5 Å². The average Bonchev–Trinajstić information content (AvgIpc) is 1.56. The number of fused-ring (bicyclic) bond motifs is 6. The minimum atomic E-state index is -5.35. The van der Waals surface area contributed by atoms with Gasteiger partial charge in [-0.3, -0.25) is 42.4 Å². The number of urea groups is 2. The predicted molar refractivity (Wildman–Crippen MR) is 419 cm³/mol. The second-order valence-electron chi connectivity index (χ2n) is 28.9. The molecule has 118 heavy (non-hydrogen) atoms. The molecule has 4 aromatic rings. The lowest BCUT2D eigenvalue weighted by atomic mass is 9.79. The molecule has 2 heterocycles. The van der Waals surface area contributed by atoms with Crippen LogP contribution in [0.3, 0.4) is 0 Å². The molecule has 646 valence electrons. The first-order chi connectivity index (χ1) is 55.0. The summed E-state index contributed by atoms with van der Waals surface area (Å²) in [5, 5.41) is 74.8. The van der Waals surface area contributed by atoms with Crippen LogP contribution in [-0.4, -0.2) is 227 Å². The summed E-state index contributed by atoms with van der Waals surface area (Å²) in [6.45, 7) is 9.50. The van der Waals surface area contributed by atoms with Gasteiger partial charge in [-0.15, -0.1) is 0 Å². The number of carboxylic acid groups (broad SMARTS) is 6. The number of hydrogen-bond donors (Lipinski definition) is 17. The lowest BCUT2D eigenvalue weighted by molar-refractivity contribution is -0.438. The van der Waals surface area contributed by atoms with Gasteiger partial charge in [0.05, 0.1) is 20.1 Å². The van der Waals surface area contributed by atoms with E-state index in [0.29, 0.717) is 71.9 Å². The number of nitrogens with one attached hydrogen (secondary N) is 8. The highest BCUT2D eigenvalue weighted by Crippen LogP contribution is 2.52. The number of amides is 8. The molecule has 0 unspecified atom stereocenters. The summed E-state index contributed by atoms with van der Waals surface area (Å²) in [4.78, 5) is 146. The molecule has 0 saturated carbocycles. The van der Waals surface area contributed by atoms with Crippen LogP contribution in [-0.2, 0) is 99.2 Å². The Morgan fingerprint density at radius 3 is 1.41 bits per heavy atom. The van der Waals surface area contributed by atoms with Crippen LogP contribution < -0.4 is 47.4 Å². The van der Waals surface area contributed by atoms with Gasteiger partial charge >= 0.3 is 47.9 Å². The fourth-order valence-electron chi connectivity index (χ4n) is 13.9. The van der Waals surface area contributed by atoms with E-state index in [0.717, 1.165) is 12.1 Å². The molecule has 0 fully saturated rings. The van der Waals surface area contributed by atoms with Crippen molar-refractivity contribution in [1.29, 1.82) is 0 Å². The molecule has 0 bridgehead atoms. The number of carbonyl (C=O) groups excluding carboxylic acids is 6. The molecule has 0 saturated heterocycles. The van der Waals surface area contributed by atoms with E-state index < -0.39 is 198 Å². The van der Waals surface area contributed by atoms with Crippen molar-refractivity contribution >= 4 is 151 Å². The molecule has 0 aliphatic carbocycles. The molecule has 17 N–H and O–H groups in total. The van der Waals surface area contributed by atoms with Gasteiger partial charge in [-0.25, -0.2) is 37.2 Å². The molecule has 0 spiro atoms. The maximum atomic E-state index is 13.7. The maximum absolute atomic E-state index is 13.7. The molecule has 2 aliphatic rings. The SMILES string of the molecule is CCN1/C(=C/C=C/C=C/C2=[N+](CCCCCC(=O)NCCCC(=O)N[C@@H](CCC(=O)NCCCC[C@H](NC(=O)N[C@@H](CCC(=O)O)C(=O)O)C(=O)O)C(=O)NCCCC[C@H](NC(=O)N[C@@H](CCC(=O)O)C(=O)O)C(=O)O)c3ccc4c(S(=O)(=O)[O-])cc(S(=O)(=O)O)cc4c3C2(C)C)C(C)(C)c2c1ccc1c(S(=O)(=O)O)cc(S(=O)(=O)O)cc21. The Morgan fingerprint density at radius 2 is 0.915 bits per heavy atom. The van der Waals surface area contributed by atoms with Crippen molar-refractivity contribution < 1.29 is 145 Å². The first-order valence-electron chi connectivity index (χ1n) is 37.2. The van der Waals surface area contributed by atoms with Crippen molar-refractivity contribution in [3.05, 3.63) is 95.7 Å². The van der Waals surface area contributed by atoms with E-state index in [1.165, 1.54) is 12.1 Å². The minimum Gasteiger partial charge on any atom is -0.744 e. The Kier molecular flexibility index (Phi) is 33.6. The Hall–Kier alpha value is -11.0. The molecule has 6 rings (SSSR count). The third-order valence-electron chi connectivity index (χ3n) is 19.6. The molecule has 0 radical (unpaired) electrons. The molecule has 5 atom stereocenters. The Labute approximate surface area is 678 Å². The monoisotopic (exact) mass is 1730 g/mol. The van der Waals surface area contributed by atoms with Gasteiger partial charge in [0, 0.05) is 110 Å². The molecule has 40 nitrogen and oxygen atoms in total. The molecule has 0 aromatic heterocycles. The third-order valence-corrected chi connectivity index (χ3v) is 23.1. The van der Waals surface area contributed by atoms with Gasteiger partial charge in [-0.2, -0.15) is 29.8 Å². The van der Waals surface area contributed by atoms with Crippen LogP contribution in [0.4, 0.5) is 21.0 Å². The van der Waals surface area contributed by atoms with E-state index in [9.17, 15) is 130 Å². The van der Waals surface area contributed by atoms with Gasteiger partial charge in [0.1, 0.15) is 51.8 Å². The quantitative estimate of drug-likeness (QED) is 0.0127. The first-order valence-corrected chi connectivity index (χ1v) is 42.9. The van der Waals surface area contributed by atoms with E-state index in [2.05, 4.69) is 31.9 Å². The van der Waals surface area contributed by atoms with Gasteiger partial charge in [0.2, 0.25) is 29.3 Å². The van der Waals surface area contributed by atoms with E-state index in [1.54, 1.807) is 56.4 Å².